The maximum absolute atomic E-state index is 11.6. The van der Waals surface area contributed by atoms with Gasteiger partial charge in [-0.2, -0.15) is 4.98 Å². The summed E-state index contributed by atoms with van der Waals surface area (Å²) in [4.78, 5) is 21.3. The molecule has 0 amide bonds. The standard InChI is InChI=1S/C11H9ClIN3O3/c1-16(6-4-3-5-19-6)9-7(13)8(10(17)18-2)14-11(12)15-9/h3-5H,1-2H3. The van der Waals surface area contributed by atoms with Gasteiger partial charge in [0.1, 0.15) is 0 Å². The van der Waals surface area contributed by atoms with Crippen molar-refractivity contribution < 1.29 is 13.9 Å². The Balaban J connectivity index is 2.52. The van der Waals surface area contributed by atoms with Crippen LogP contribution in [0.3, 0.4) is 0 Å². The average Bonchev–Trinajstić information content (AvgIpc) is 2.93. The maximum atomic E-state index is 11.6. The van der Waals surface area contributed by atoms with Crippen molar-refractivity contribution in [2.24, 2.45) is 0 Å². The number of hydrogen-bond acceptors (Lipinski definition) is 6. The number of nitrogens with zero attached hydrogens (tertiary/aromatic N) is 3. The summed E-state index contributed by atoms with van der Waals surface area (Å²) < 4.78 is 10.5. The van der Waals surface area contributed by atoms with Crippen molar-refractivity contribution in [3.63, 3.8) is 0 Å². The number of esters is 1. The normalized spacial score (nSPS) is 10.3. The monoisotopic (exact) mass is 393 g/mol. The van der Waals surface area contributed by atoms with E-state index in [2.05, 4.69) is 14.7 Å². The van der Waals surface area contributed by atoms with Gasteiger partial charge in [0, 0.05) is 13.1 Å². The Labute approximate surface area is 127 Å². The Morgan fingerprint density at radius 2 is 2.26 bits per heavy atom. The molecule has 100 valence electrons. The first kappa shape index (κ1) is 14.1. The summed E-state index contributed by atoms with van der Waals surface area (Å²) in [5, 5.41) is -0.0331. The van der Waals surface area contributed by atoms with Gasteiger partial charge >= 0.3 is 5.97 Å². The van der Waals surface area contributed by atoms with Crippen molar-refractivity contribution >= 4 is 51.9 Å². The van der Waals surface area contributed by atoms with Crippen molar-refractivity contribution in [1.82, 2.24) is 9.97 Å². The molecule has 0 spiro atoms. The van der Waals surface area contributed by atoms with Crippen molar-refractivity contribution in [3.05, 3.63) is 32.9 Å². The lowest BCUT2D eigenvalue weighted by Gasteiger charge is -2.17. The number of ether oxygens (including phenoxy) is 1. The summed E-state index contributed by atoms with van der Waals surface area (Å²) >= 11 is 7.81. The van der Waals surface area contributed by atoms with E-state index in [1.54, 1.807) is 30.3 Å². The van der Waals surface area contributed by atoms with E-state index in [-0.39, 0.29) is 11.0 Å². The minimum Gasteiger partial charge on any atom is -0.464 e. The van der Waals surface area contributed by atoms with Crippen LogP contribution < -0.4 is 4.90 Å². The van der Waals surface area contributed by atoms with E-state index in [4.69, 9.17) is 16.0 Å². The molecule has 0 aliphatic heterocycles. The largest absolute Gasteiger partial charge is 0.464 e. The number of anilines is 2. The number of carbonyl (C=O) groups is 1. The molecular formula is C11H9ClIN3O3. The lowest BCUT2D eigenvalue weighted by atomic mass is 10.3. The maximum Gasteiger partial charge on any atom is 0.358 e. The molecule has 0 N–H and O–H groups in total. The summed E-state index contributed by atoms with van der Waals surface area (Å²) in [6.45, 7) is 0. The van der Waals surface area contributed by atoms with Gasteiger partial charge in [-0.05, 0) is 40.3 Å². The molecule has 0 fully saturated rings. The van der Waals surface area contributed by atoms with Crippen LogP contribution in [0.1, 0.15) is 10.5 Å². The number of rotatable bonds is 3. The lowest BCUT2D eigenvalue weighted by molar-refractivity contribution is 0.0592. The fraction of sp³-hybridized carbons (Fsp3) is 0.182. The van der Waals surface area contributed by atoms with Crippen LogP contribution in [0.4, 0.5) is 11.7 Å². The average molecular weight is 394 g/mol. The molecule has 0 saturated heterocycles. The van der Waals surface area contributed by atoms with E-state index in [0.29, 0.717) is 15.3 Å². The molecule has 2 rings (SSSR count). The first-order valence-electron chi connectivity index (χ1n) is 5.13. The van der Waals surface area contributed by atoms with Gasteiger partial charge in [-0.1, -0.05) is 0 Å². The van der Waals surface area contributed by atoms with Gasteiger partial charge in [0.15, 0.2) is 11.5 Å². The SMILES string of the molecule is COC(=O)c1nc(Cl)nc(N(C)c2ccco2)c1I. The van der Waals surface area contributed by atoms with Crippen LogP contribution in [-0.4, -0.2) is 30.1 Å². The van der Waals surface area contributed by atoms with Crippen LogP contribution in [0.15, 0.2) is 22.8 Å². The highest BCUT2D eigenvalue weighted by Gasteiger charge is 2.22. The molecule has 8 heteroatoms. The highest BCUT2D eigenvalue weighted by atomic mass is 127. The van der Waals surface area contributed by atoms with E-state index in [9.17, 15) is 4.79 Å². The van der Waals surface area contributed by atoms with E-state index in [0.717, 1.165) is 0 Å². The summed E-state index contributed by atoms with van der Waals surface area (Å²) in [6.07, 6.45) is 1.54. The molecule has 0 bridgehead atoms. The molecule has 0 unspecified atom stereocenters. The zero-order valence-electron chi connectivity index (χ0n) is 10.1. The Morgan fingerprint density at radius 3 is 2.84 bits per heavy atom. The Bertz CT molecular complexity index is 603. The second-order valence-electron chi connectivity index (χ2n) is 3.48. The fourth-order valence-electron chi connectivity index (χ4n) is 1.43. The molecule has 19 heavy (non-hydrogen) atoms. The second kappa shape index (κ2) is 5.74. The van der Waals surface area contributed by atoms with Crippen molar-refractivity contribution in [3.8, 4) is 0 Å². The van der Waals surface area contributed by atoms with Gasteiger partial charge in [-0.25, -0.2) is 9.78 Å². The van der Waals surface area contributed by atoms with Crippen LogP contribution in [0, 0.1) is 3.57 Å². The van der Waals surface area contributed by atoms with E-state index >= 15 is 0 Å². The Morgan fingerprint density at radius 1 is 1.53 bits per heavy atom. The van der Waals surface area contributed by atoms with Crippen molar-refractivity contribution in [2.75, 3.05) is 19.1 Å². The molecule has 2 aromatic heterocycles. The first-order valence-corrected chi connectivity index (χ1v) is 6.59. The Hall–Kier alpha value is -1.35. The minimum absolute atomic E-state index is 0.0331. The van der Waals surface area contributed by atoms with E-state index < -0.39 is 5.97 Å². The molecule has 0 aliphatic carbocycles. The summed E-state index contributed by atoms with van der Waals surface area (Å²) in [6, 6.07) is 3.52. The topological polar surface area (TPSA) is 68.5 Å². The van der Waals surface area contributed by atoms with Crippen LogP contribution in [0.25, 0.3) is 0 Å². The van der Waals surface area contributed by atoms with E-state index in [1.807, 2.05) is 22.6 Å². The zero-order valence-corrected chi connectivity index (χ0v) is 13.0. The smallest absolute Gasteiger partial charge is 0.358 e. The number of halogens is 2. The molecule has 2 heterocycles. The molecule has 0 radical (unpaired) electrons. The van der Waals surface area contributed by atoms with Crippen molar-refractivity contribution in [1.29, 1.82) is 0 Å². The Kier molecular flexibility index (Phi) is 4.25. The summed E-state index contributed by atoms with van der Waals surface area (Å²) in [5.41, 5.74) is 0.122. The van der Waals surface area contributed by atoms with Gasteiger partial charge in [0.2, 0.25) is 11.2 Å². The predicted octanol–water partition coefficient (Wildman–Crippen LogP) is 2.88. The molecule has 2 aromatic rings. The predicted molar refractivity (Wildman–Crippen MR) is 77.9 cm³/mol. The van der Waals surface area contributed by atoms with Gasteiger partial charge in [0.05, 0.1) is 16.9 Å². The third kappa shape index (κ3) is 2.81. The number of carbonyl (C=O) groups excluding carboxylic acids is 1. The molecule has 0 aromatic carbocycles. The van der Waals surface area contributed by atoms with Crippen LogP contribution >= 0.6 is 34.2 Å². The van der Waals surface area contributed by atoms with Crippen molar-refractivity contribution in [2.45, 2.75) is 0 Å². The molecule has 6 nitrogen and oxygen atoms in total. The molecular weight excluding hydrogens is 384 g/mol. The number of methoxy groups -OCH3 is 1. The van der Waals surface area contributed by atoms with Gasteiger partial charge in [-0.15, -0.1) is 0 Å². The number of furan rings is 1. The highest BCUT2D eigenvalue weighted by Crippen LogP contribution is 2.29. The molecule has 0 atom stereocenters. The molecule has 0 saturated carbocycles. The number of hydrogen-bond donors (Lipinski definition) is 0. The first-order chi connectivity index (χ1) is 9.04. The summed E-state index contributed by atoms with van der Waals surface area (Å²) in [5.74, 6) is 0.474. The van der Waals surface area contributed by atoms with Gasteiger partial charge in [0.25, 0.3) is 0 Å². The summed E-state index contributed by atoms with van der Waals surface area (Å²) in [7, 11) is 3.03. The third-order valence-corrected chi connectivity index (χ3v) is 3.50. The van der Waals surface area contributed by atoms with Crippen LogP contribution in [0.5, 0.6) is 0 Å². The fourth-order valence-corrected chi connectivity index (χ4v) is 2.42. The second-order valence-corrected chi connectivity index (χ2v) is 4.90. The quantitative estimate of drug-likeness (QED) is 0.454. The molecule has 0 aliphatic rings. The lowest BCUT2D eigenvalue weighted by Crippen LogP contribution is -2.17. The van der Waals surface area contributed by atoms with Crippen LogP contribution in [0.2, 0.25) is 5.28 Å². The van der Waals surface area contributed by atoms with Gasteiger partial charge < -0.3 is 9.15 Å². The van der Waals surface area contributed by atoms with Crippen LogP contribution in [-0.2, 0) is 4.74 Å². The van der Waals surface area contributed by atoms with Gasteiger partial charge in [-0.3, -0.25) is 4.90 Å². The zero-order chi connectivity index (χ0) is 14.0. The van der Waals surface area contributed by atoms with E-state index in [1.165, 1.54) is 7.11 Å². The number of aromatic nitrogens is 2. The highest BCUT2D eigenvalue weighted by molar-refractivity contribution is 14.1. The minimum atomic E-state index is -0.567. The third-order valence-electron chi connectivity index (χ3n) is 2.34.